The molecule has 26 heavy (non-hydrogen) atoms. The number of nitrogens with zero attached hydrogens (tertiary/aromatic N) is 1. The maximum absolute atomic E-state index is 13.1. The molecule has 1 heterocycles. The van der Waals surface area contributed by atoms with Crippen molar-refractivity contribution < 1.29 is 31.5 Å². The number of hydrogen-bond acceptors (Lipinski definition) is 5. The summed E-state index contributed by atoms with van der Waals surface area (Å²) in [6, 6.07) is 9.90. The van der Waals surface area contributed by atoms with Crippen LogP contribution in [0.4, 0.5) is 20.2 Å². The van der Waals surface area contributed by atoms with Gasteiger partial charge in [-0.1, -0.05) is 12.1 Å². The number of hydrogen-bond donors (Lipinski definition) is 1. The Hall–Kier alpha value is -2.88. The average molecular weight is 384 g/mol. The van der Waals surface area contributed by atoms with Gasteiger partial charge in [-0.05, 0) is 24.3 Å². The van der Waals surface area contributed by atoms with Crippen molar-refractivity contribution in [2.24, 2.45) is 0 Å². The van der Waals surface area contributed by atoms with Crippen LogP contribution in [0.5, 0.6) is 11.5 Å². The van der Waals surface area contributed by atoms with Gasteiger partial charge in [0.05, 0.1) is 17.5 Å². The Labute approximate surface area is 148 Å². The molecule has 2 aromatic rings. The van der Waals surface area contributed by atoms with Crippen molar-refractivity contribution in [2.75, 3.05) is 22.9 Å². The number of fused-ring (bicyclic) bond motifs is 1. The third-order valence-corrected chi connectivity index (χ3v) is 4.84. The van der Waals surface area contributed by atoms with Crippen molar-refractivity contribution in [3.8, 4) is 11.5 Å². The number of carbonyl (C=O) groups excluding carboxylic acids is 1. The van der Waals surface area contributed by atoms with E-state index in [1.54, 1.807) is 12.1 Å². The Morgan fingerprint density at radius 3 is 2.46 bits per heavy atom. The van der Waals surface area contributed by atoms with Crippen LogP contribution in [-0.2, 0) is 10.0 Å². The first kappa shape index (κ1) is 17.9. The zero-order chi connectivity index (χ0) is 19.1. The molecule has 2 aromatic carbocycles. The summed E-state index contributed by atoms with van der Waals surface area (Å²) >= 11 is 0. The number of amides is 1. The smallest absolute Gasteiger partial charge is 0.395 e. The van der Waals surface area contributed by atoms with Gasteiger partial charge in [-0.15, -0.1) is 8.78 Å². The van der Waals surface area contributed by atoms with Crippen molar-refractivity contribution in [1.29, 1.82) is 0 Å². The molecule has 1 aliphatic rings. The second kappa shape index (κ2) is 6.13. The average Bonchev–Trinajstić information content (AvgIpc) is 2.86. The Kier molecular flexibility index (Phi) is 4.23. The van der Waals surface area contributed by atoms with E-state index in [1.165, 1.54) is 37.4 Å². The molecule has 0 aliphatic carbocycles. The van der Waals surface area contributed by atoms with E-state index in [-0.39, 0.29) is 28.4 Å². The zero-order valence-corrected chi connectivity index (χ0v) is 14.5. The summed E-state index contributed by atoms with van der Waals surface area (Å²) in [6.07, 6.45) is -2.74. The maximum atomic E-state index is 13.1. The first-order chi connectivity index (χ1) is 12.1. The van der Waals surface area contributed by atoms with Gasteiger partial charge in [0.2, 0.25) is 10.0 Å². The SMILES string of the molecule is CN(c1ccccc1C(=O)Nc1ccc2c(c1)OC(F)(F)O2)S(C)(=O)=O. The standard InChI is InChI=1S/C16H14F2N2O5S/c1-20(26(2,22)23)12-6-4-3-5-11(12)15(21)19-10-7-8-13-14(9-10)25-16(17,18)24-13/h3-9H,1-2H3,(H,19,21). The van der Waals surface area contributed by atoms with Gasteiger partial charge < -0.3 is 14.8 Å². The Balaban J connectivity index is 1.87. The molecule has 138 valence electrons. The highest BCUT2D eigenvalue weighted by atomic mass is 32.2. The number of alkyl halides is 2. The molecule has 0 atom stereocenters. The summed E-state index contributed by atoms with van der Waals surface area (Å²) in [5.41, 5.74) is 0.468. The summed E-state index contributed by atoms with van der Waals surface area (Å²) in [4.78, 5) is 12.5. The third kappa shape index (κ3) is 3.54. The van der Waals surface area contributed by atoms with Crippen molar-refractivity contribution in [2.45, 2.75) is 6.29 Å². The van der Waals surface area contributed by atoms with E-state index < -0.39 is 22.2 Å². The fraction of sp³-hybridized carbons (Fsp3) is 0.188. The summed E-state index contributed by atoms with van der Waals surface area (Å²) in [6.45, 7) is 0. The van der Waals surface area contributed by atoms with Crippen LogP contribution in [0.3, 0.4) is 0 Å². The number of nitrogens with one attached hydrogen (secondary N) is 1. The number of benzene rings is 2. The molecule has 0 radical (unpaired) electrons. The molecule has 0 saturated heterocycles. The van der Waals surface area contributed by atoms with E-state index in [1.807, 2.05) is 0 Å². The molecule has 0 aromatic heterocycles. The van der Waals surface area contributed by atoms with E-state index in [4.69, 9.17) is 0 Å². The third-order valence-electron chi connectivity index (χ3n) is 3.64. The lowest BCUT2D eigenvalue weighted by atomic mass is 10.1. The van der Waals surface area contributed by atoms with Gasteiger partial charge >= 0.3 is 6.29 Å². The second-order valence-electron chi connectivity index (χ2n) is 5.53. The molecule has 10 heteroatoms. The summed E-state index contributed by atoms with van der Waals surface area (Å²) in [5.74, 6) is -0.971. The molecule has 0 bridgehead atoms. The normalized spacial score (nSPS) is 14.8. The Bertz CT molecular complexity index is 978. The minimum Gasteiger partial charge on any atom is -0.395 e. The van der Waals surface area contributed by atoms with Crippen molar-refractivity contribution in [3.63, 3.8) is 0 Å². The van der Waals surface area contributed by atoms with Crippen LogP contribution >= 0.6 is 0 Å². The zero-order valence-electron chi connectivity index (χ0n) is 13.7. The van der Waals surface area contributed by atoms with Crippen LogP contribution < -0.4 is 19.1 Å². The molecule has 1 aliphatic heterocycles. The van der Waals surface area contributed by atoms with E-state index in [2.05, 4.69) is 14.8 Å². The number of ether oxygens (including phenoxy) is 2. The van der Waals surface area contributed by atoms with Crippen LogP contribution in [-0.4, -0.2) is 33.9 Å². The second-order valence-corrected chi connectivity index (χ2v) is 7.54. The minimum atomic E-state index is -3.75. The summed E-state index contributed by atoms with van der Waals surface area (Å²) in [7, 11) is -2.25. The predicted octanol–water partition coefficient (Wildman–Crippen LogP) is 2.66. The lowest BCUT2D eigenvalue weighted by Gasteiger charge is -2.19. The molecule has 0 saturated carbocycles. The van der Waals surface area contributed by atoms with Crippen molar-refractivity contribution in [3.05, 3.63) is 48.0 Å². The molecular weight excluding hydrogens is 370 g/mol. The van der Waals surface area contributed by atoms with Crippen molar-refractivity contribution >= 4 is 27.3 Å². The van der Waals surface area contributed by atoms with Crippen LogP contribution in [0.25, 0.3) is 0 Å². The highest BCUT2D eigenvalue weighted by Crippen LogP contribution is 2.42. The summed E-state index contributed by atoms with van der Waals surface area (Å²) < 4.78 is 59.2. The number of carbonyl (C=O) groups is 1. The molecule has 0 unspecified atom stereocenters. The molecule has 0 spiro atoms. The number of halogens is 2. The largest absolute Gasteiger partial charge is 0.586 e. The summed E-state index contributed by atoms with van der Waals surface area (Å²) in [5, 5.41) is 2.52. The molecular formula is C16H14F2N2O5S. The molecule has 7 nitrogen and oxygen atoms in total. The molecule has 0 fully saturated rings. The fourth-order valence-electron chi connectivity index (χ4n) is 2.34. The topological polar surface area (TPSA) is 84.9 Å². The Morgan fingerprint density at radius 1 is 1.12 bits per heavy atom. The van der Waals surface area contributed by atoms with Gasteiger partial charge in [-0.3, -0.25) is 9.10 Å². The first-order valence-corrected chi connectivity index (χ1v) is 9.16. The van der Waals surface area contributed by atoms with Gasteiger partial charge in [-0.2, -0.15) is 0 Å². The molecule has 1 N–H and O–H groups in total. The van der Waals surface area contributed by atoms with Gasteiger partial charge in [0, 0.05) is 18.8 Å². The van der Waals surface area contributed by atoms with E-state index >= 15 is 0 Å². The minimum absolute atomic E-state index is 0.100. The molecule has 1 amide bonds. The number of anilines is 2. The van der Waals surface area contributed by atoms with E-state index in [0.29, 0.717) is 0 Å². The molecule has 3 rings (SSSR count). The monoisotopic (exact) mass is 384 g/mol. The van der Waals surface area contributed by atoms with Gasteiger partial charge in [0.25, 0.3) is 5.91 Å². The van der Waals surface area contributed by atoms with Crippen LogP contribution in [0, 0.1) is 0 Å². The fourth-order valence-corrected chi connectivity index (χ4v) is 2.86. The van der Waals surface area contributed by atoms with Gasteiger partial charge in [0.15, 0.2) is 11.5 Å². The van der Waals surface area contributed by atoms with Crippen LogP contribution in [0.2, 0.25) is 0 Å². The van der Waals surface area contributed by atoms with Crippen LogP contribution in [0.15, 0.2) is 42.5 Å². The van der Waals surface area contributed by atoms with Crippen molar-refractivity contribution in [1.82, 2.24) is 0 Å². The predicted molar refractivity (Wildman–Crippen MR) is 90.3 cm³/mol. The highest BCUT2D eigenvalue weighted by molar-refractivity contribution is 7.92. The lowest BCUT2D eigenvalue weighted by Crippen LogP contribution is -2.27. The number of rotatable bonds is 4. The Morgan fingerprint density at radius 2 is 1.77 bits per heavy atom. The van der Waals surface area contributed by atoms with E-state index in [9.17, 15) is 22.0 Å². The van der Waals surface area contributed by atoms with Gasteiger partial charge in [-0.25, -0.2) is 8.42 Å². The highest BCUT2D eigenvalue weighted by Gasteiger charge is 2.43. The first-order valence-electron chi connectivity index (χ1n) is 7.31. The van der Waals surface area contributed by atoms with Gasteiger partial charge in [0.1, 0.15) is 0 Å². The van der Waals surface area contributed by atoms with E-state index in [0.717, 1.165) is 10.6 Å². The van der Waals surface area contributed by atoms with Crippen LogP contribution in [0.1, 0.15) is 10.4 Å². The maximum Gasteiger partial charge on any atom is 0.586 e. The lowest BCUT2D eigenvalue weighted by molar-refractivity contribution is -0.286. The number of para-hydroxylation sites is 1. The quantitative estimate of drug-likeness (QED) is 0.876. The number of sulfonamides is 1.